The average Bonchev–Trinajstić information content (AvgIpc) is 2.61. The van der Waals surface area contributed by atoms with Gasteiger partial charge < -0.3 is 4.90 Å². The summed E-state index contributed by atoms with van der Waals surface area (Å²) >= 11 is 1.68. The summed E-state index contributed by atoms with van der Waals surface area (Å²) < 4.78 is 39.0. The van der Waals surface area contributed by atoms with Gasteiger partial charge in [0.2, 0.25) is 0 Å². The maximum atomic E-state index is 13.0. The minimum atomic E-state index is -4.33. The van der Waals surface area contributed by atoms with Gasteiger partial charge in [0.1, 0.15) is 0 Å². The van der Waals surface area contributed by atoms with Crippen LogP contribution in [0, 0.1) is 0 Å². The molecule has 4 rings (SSSR count). The van der Waals surface area contributed by atoms with E-state index in [9.17, 15) is 13.2 Å². The number of anilines is 2. The zero-order valence-electron chi connectivity index (χ0n) is 13.1. The molecule has 5 heteroatoms. The highest BCUT2D eigenvalue weighted by atomic mass is 32.2. The zero-order chi connectivity index (χ0) is 17.4. The number of halogens is 3. The molecular formula is C20H14F3NS. The molecule has 1 aliphatic rings. The highest BCUT2D eigenvalue weighted by Gasteiger charge is 2.31. The molecule has 0 radical (unpaired) electrons. The molecule has 1 aliphatic heterocycles. The number of hydrogen-bond donors (Lipinski definition) is 0. The van der Waals surface area contributed by atoms with Crippen molar-refractivity contribution in [3.63, 3.8) is 0 Å². The third kappa shape index (κ3) is 3.12. The van der Waals surface area contributed by atoms with E-state index < -0.39 is 11.7 Å². The lowest BCUT2D eigenvalue weighted by molar-refractivity contribution is -0.137. The molecule has 25 heavy (non-hydrogen) atoms. The van der Waals surface area contributed by atoms with Gasteiger partial charge in [0, 0.05) is 16.3 Å². The van der Waals surface area contributed by atoms with Crippen molar-refractivity contribution in [2.45, 2.75) is 22.5 Å². The number of para-hydroxylation sites is 2. The topological polar surface area (TPSA) is 3.24 Å². The number of alkyl halides is 3. The lowest BCUT2D eigenvalue weighted by Crippen LogP contribution is -2.20. The summed E-state index contributed by atoms with van der Waals surface area (Å²) in [5.74, 6) is 0. The molecule has 1 heterocycles. The fourth-order valence-electron chi connectivity index (χ4n) is 2.98. The molecule has 0 saturated carbocycles. The SMILES string of the molecule is FC(F)(F)c1cccc(CN2c3ccccc3Sc3ccccc32)c1. The lowest BCUT2D eigenvalue weighted by Gasteiger charge is -2.33. The van der Waals surface area contributed by atoms with Gasteiger partial charge in [-0.3, -0.25) is 0 Å². The Labute approximate surface area is 148 Å². The van der Waals surface area contributed by atoms with E-state index in [1.807, 2.05) is 48.5 Å². The largest absolute Gasteiger partial charge is 0.416 e. The first-order valence-corrected chi connectivity index (χ1v) is 8.63. The minimum Gasteiger partial charge on any atom is -0.335 e. The number of hydrogen-bond acceptors (Lipinski definition) is 2. The summed E-state index contributed by atoms with van der Waals surface area (Å²) in [5.41, 5.74) is 2.05. The summed E-state index contributed by atoms with van der Waals surface area (Å²) in [7, 11) is 0. The Hall–Kier alpha value is -2.40. The van der Waals surface area contributed by atoms with E-state index >= 15 is 0 Å². The first kappa shape index (κ1) is 16.1. The third-order valence-electron chi connectivity index (χ3n) is 4.13. The monoisotopic (exact) mass is 357 g/mol. The normalized spacial score (nSPS) is 13.3. The Kier molecular flexibility index (Phi) is 3.96. The van der Waals surface area contributed by atoms with Crippen molar-refractivity contribution in [1.29, 1.82) is 0 Å². The second-order valence-corrected chi connectivity index (χ2v) is 6.91. The van der Waals surface area contributed by atoms with Crippen molar-refractivity contribution in [3.05, 3.63) is 83.9 Å². The van der Waals surface area contributed by atoms with E-state index in [1.54, 1.807) is 17.8 Å². The maximum absolute atomic E-state index is 13.0. The first-order valence-electron chi connectivity index (χ1n) is 7.82. The standard InChI is InChI=1S/C20H14F3NS/c21-20(22,23)15-7-5-6-14(12-15)13-24-16-8-1-3-10-18(16)25-19-11-4-2-9-17(19)24/h1-12H,13H2. The minimum absolute atomic E-state index is 0.387. The Bertz CT molecular complexity index is 875. The third-order valence-corrected chi connectivity index (χ3v) is 5.26. The van der Waals surface area contributed by atoms with Crippen LogP contribution in [0.2, 0.25) is 0 Å². The van der Waals surface area contributed by atoms with Gasteiger partial charge in [-0.1, -0.05) is 48.2 Å². The van der Waals surface area contributed by atoms with Crippen molar-refractivity contribution in [3.8, 4) is 0 Å². The summed E-state index contributed by atoms with van der Waals surface area (Å²) in [4.78, 5) is 4.29. The van der Waals surface area contributed by atoms with Crippen LogP contribution in [0.4, 0.5) is 24.5 Å². The predicted octanol–water partition coefficient (Wildman–Crippen LogP) is 6.51. The van der Waals surface area contributed by atoms with Gasteiger partial charge in [-0.15, -0.1) is 0 Å². The van der Waals surface area contributed by atoms with Gasteiger partial charge in [0.15, 0.2) is 0 Å². The van der Waals surface area contributed by atoms with Crippen LogP contribution >= 0.6 is 11.8 Å². The maximum Gasteiger partial charge on any atom is 0.416 e. The van der Waals surface area contributed by atoms with Crippen LogP contribution in [0.25, 0.3) is 0 Å². The summed E-state index contributed by atoms with van der Waals surface area (Å²) in [6.45, 7) is 0.387. The fraction of sp³-hybridized carbons (Fsp3) is 0.100. The van der Waals surface area contributed by atoms with Crippen LogP contribution in [0.3, 0.4) is 0 Å². The molecule has 3 aromatic rings. The molecule has 126 valence electrons. The Morgan fingerprint density at radius 3 is 1.96 bits per heavy atom. The van der Waals surface area contributed by atoms with E-state index in [1.165, 1.54) is 12.1 Å². The molecule has 0 bridgehead atoms. The second kappa shape index (κ2) is 6.15. The molecule has 0 amide bonds. The quantitative estimate of drug-likeness (QED) is 0.514. The van der Waals surface area contributed by atoms with Crippen molar-refractivity contribution in [1.82, 2.24) is 0 Å². The molecule has 0 saturated heterocycles. The summed E-state index contributed by atoms with van der Waals surface area (Å²) in [6.07, 6.45) is -4.33. The molecule has 0 aliphatic carbocycles. The van der Waals surface area contributed by atoms with Gasteiger partial charge in [0.05, 0.1) is 16.9 Å². The van der Waals surface area contributed by atoms with Gasteiger partial charge in [0.25, 0.3) is 0 Å². The number of nitrogens with zero attached hydrogens (tertiary/aromatic N) is 1. The van der Waals surface area contributed by atoms with E-state index in [-0.39, 0.29) is 0 Å². The van der Waals surface area contributed by atoms with Crippen molar-refractivity contribution >= 4 is 23.1 Å². The second-order valence-electron chi connectivity index (χ2n) is 5.82. The van der Waals surface area contributed by atoms with Crippen LogP contribution in [0.5, 0.6) is 0 Å². The lowest BCUT2D eigenvalue weighted by atomic mass is 10.1. The van der Waals surface area contributed by atoms with E-state index in [4.69, 9.17) is 0 Å². The summed E-state index contributed by atoms with van der Waals surface area (Å²) in [5, 5.41) is 0. The van der Waals surface area contributed by atoms with E-state index in [2.05, 4.69) is 4.90 Å². The smallest absolute Gasteiger partial charge is 0.335 e. The fourth-order valence-corrected chi connectivity index (χ4v) is 4.08. The van der Waals surface area contributed by atoms with Crippen LogP contribution in [-0.4, -0.2) is 0 Å². The zero-order valence-corrected chi connectivity index (χ0v) is 13.9. The molecule has 0 unspecified atom stereocenters. The first-order chi connectivity index (χ1) is 12.0. The Morgan fingerprint density at radius 2 is 1.36 bits per heavy atom. The Morgan fingerprint density at radius 1 is 0.760 bits per heavy atom. The van der Waals surface area contributed by atoms with Gasteiger partial charge in [-0.05, 0) is 42.0 Å². The van der Waals surface area contributed by atoms with Crippen LogP contribution in [0.15, 0.2) is 82.6 Å². The molecule has 3 aromatic carbocycles. The highest BCUT2D eigenvalue weighted by Crippen LogP contribution is 2.48. The van der Waals surface area contributed by atoms with E-state index in [0.717, 1.165) is 27.2 Å². The van der Waals surface area contributed by atoms with E-state index in [0.29, 0.717) is 12.1 Å². The Balaban J connectivity index is 1.76. The molecule has 0 N–H and O–H groups in total. The van der Waals surface area contributed by atoms with Crippen molar-refractivity contribution in [2.75, 3.05) is 4.90 Å². The molecule has 0 spiro atoms. The summed E-state index contributed by atoms with van der Waals surface area (Å²) in [6, 6.07) is 21.5. The highest BCUT2D eigenvalue weighted by molar-refractivity contribution is 7.99. The number of fused-ring (bicyclic) bond motifs is 2. The van der Waals surface area contributed by atoms with Crippen molar-refractivity contribution < 1.29 is 13.2 Å². The van der Waals surface area contributed by atoms with Gasteiger partial charge >= 0.3 is 6.18 Å². The van der Waals surface area contributed by atoms with Crippen LogP contribution in [0.1, 0.15) is 11.1 Å². The van der Waals surface area contributed by atoms with Gasteiger partial charge in [-0.25, -0.2) is 0 Å². The molecule has 1 nitrogen and oxygen atoms in total. The predicted molar refractivity (Wildman–Crippen MR) is 94.3 cm³/mol. The van der Waals surface area contributed by atoms with Crippen molar-refractivity contribution in [2.24, 2.45) is 0 Å². The number of rotatable bonds is 2. The van der Waals surface area contributed by atoms with Crippen LogP contribution in [-0.2, 0) is 12.7 Å². The molecular weight excluding hydrogens is 343 g/mol. The number of benzene rings is 3. The van der Waals surface area contributed by atoms with Crippen LogP contribution < -0.4 is 4.90 Å². The average molecular weight is 357 g/mol. The molecule has 0 fully saturated rings. The molecule has 0 atom stereocenters. The van der Waals surface area contributed by atoms with Gasteiger partial charge in [-0.2, -0.15) is 13.2 Å². The molecule has 0 aromatic heterocycles.